The fraction of sp³-hybridized carbons (Fsp3) is 0.222. The van der Waals surface area contributed by atoms with Crippen molar-refractivity contribution >= 4 is 38.0 Å². The van der Waals surface area contributed by atoms with Crippen LogP contribution in [-0.2, 0) is 10.8 Å². The molecule has 86 valence electrons. The van der Waals surface area contributed by atoms with Gasteiger partial charge in [-0.25, -0.2) is 13.8 Å². The van der Waals surface area contributed by atoms with Gasteiger partial charge in [0.2, 0.25) is 0 Å². The molecule has 0 saturated carbocycles. The quantitative estimate of drug-likeness (QED) is 0.863. The van der Waals surface area contributed by atoms with Gasteiger partial charge >= 0.3 is 0 Å². The van der Waals surface area contributed by atoms with Crippen molar-refractivity contribution in [1.82, 2.24) is 4.98 Å². The molecule has 3 nitrogen and oxygen atoms in total. The fourth-order valence-corrected chi connectivity index (χ4v) is 3.37. The Labute approximate surface area is 96.7 Å². The van der Waals surface area contributed by atoms with Gasteiger partial charge in [-0.3, -0.25) is 4.21 Å². The van der Waals surface area contributed by atoms with Gasteiger partial charge < -0.3 is 5.73 Å². The van der Waals surface area contributed by atoms with Crippen molar-refractivity contribution in [2.75, 3.05) is 11.5 Å². The van der Waals surface area contributed by atoms with E-state index in [1.807, 2.05) is 0 Å². The van der Waals surface area contributed by atoms with Crippen LogP contribution in [0.5, 0.6) is 0 Å². The number of aromatic nitrogens is 1. The Kier molecular flexibility index (Phi) is 3.15. The Balaban J connectivity index is 2.36. The third-order valence-electron chi connectivity index (χ3n) is 1.86. The maximum Gasteiger partial charge on any atom is 0.250 e. The van der Waals surface area contributed by atoms with Gasteiger partial charge in [0, 0.05) is 5.69 Å². The molecular weight excluding hydrogens is 254 g/mol. The van der Waals surface area contributed by atoms with Crippen LogP contribution in [0.2, 0.25) is 0 Å². The highest BCUT2D eigenvalue weighted by atomic mass is 32.2. The van der Waals surface area contributed by atoms with Crippen molar-refractivity contribution < 1.29 is 13.0 Å². The number of hydrogen-bond acceptors (Lipinski definition) is 4. The monoisotopic (exact) mass is 262 g/mol. The van der Waals surface area contributed by atoms with E-state index >= 15 is 0 Å². The summed E-state index contributed by atoms with van der Waals surface area (Å²) in [4.78, 5) is 4.04. The van der Waals surface area contributed by atoms with E-state index in [0.717, 1.165) is 16.0 Å². The van der Waals surface area contributed by atoms with Crippen LogP contribution in [0, 0.1) is 0 Å². The number of hydrogen-bond donors (Lipinski definition) is 1. The van der Waals surface area contributed by atoms with Crippen molar-refractivity contribution in [3.05, 3.63) is 18.2 Å². The Bertz CT molecular complexity index is 541. The van der Waals surface area contributed by atoms with Crippen molar-refractivity contribution in [1.29, 1.82) is 0 Å². The van der Waals surface area contributed by atoms with Crippen LogP contribution in [-0.4, -0.2) is 21.4 Å². The molecule has 7 heteroatoms. The van der Waals surface area contributed by atoms with Gasteiger partial charge in [0.25, 0.3) is 6.43 Å². The average Bonchev–Trinajstić information content (AvgIpc) is 2.59. The molecule has 0 aliphatic heterocycles. The van der Waals surface area contributed by atoms with Crippen LogP contribution in [0.15, 0.2) is 22.5 Å². The van der Waals surface area contributed by atoms with Crippen LogP contribution in [0.3, 0.4) is 0 Å². The zero-order chi connectivity index (χ0) is 11.7. The number of nitrogens with zero attached hydrogens (tertiary/aromatic N) is 1. The van der Waals surface area contributed by atoms with E-state index in [9.17, 15) is 13.0 Å². The molecule has 1 heterocycles. The topological polar surface area (TPSA) is 56.0 Å². The molecule has 0 bridgehead atoms. The van der Waals surface area contributed by atoms with E-state index < -0.39 is 23.0 Å². The minimum absolute atomic E-state index is 0.223. The highest BCUT2D eigenvalue weighted by Crippen LogP contribution is 2.26. The number of alkyl halides is 2. The van der Waals surface area contributed by atoms with E-state index in [-0.39, 0.29) is 4.34 Å². The Hall–Kier alpha value is -1.08. The summed E-state index contributed by atoms with van der Waals surface area (Å²) >= 11 is 1.14. The number of thiazole rings is 1. The average molecular weight is 262 g/mol. The molecule has 0 spiro atoms. The van der Waals surface area contributed by atoms with Crippen LogP contribution in [0.4, 0.5) is 14.5 Å². The molecule has 0 amide bonds. The van der Waals surface area contributed by atoms with E-state index in [4.69, 9.17) is 5.73 Å². The second-order valence-corrected chi connectivity index (χ2v) is 5.81. The second kappa shape index (κ2) is 4.42. The number of benzene rings is 1. The molecule has 16 heavy (non-hydrogen) atoms. The molecule has 2 aromatic rings. The first-order valence-corrected chi connectivity index (χ1v) is 6.52. The highest BCUT2D eigenvalue weighted by Gasteiger charge is 2.15. The first-order chi connectivity index (χ1) is 7.56. The molecule has 1 aromatic heterocycles. The predicted molar refractivity (Wildman–Crippen MR) is 61.3 cm³/mol. The number of nitrogen functional groups attached to an aromatic ring is 1. The summed E-state index contributed by atoms with van der Waals surface area (Å²) in [6.07, 6.45) is -2.59. The lowest BCUT2D eigenvalue weighted by atomic mass is 10.3. The minimum atomic E-state index is -2.59. The normalized spacial score (nSPS) is 13.4. The smallest absolute Gasteiger partial charge is 0.250 e. The van der Waals surface area contributed by atoms with E-state index in [1.165, 1.54) is 0 Å². The summed E-state index contributed by atoms with van der Waals surface area (Å²) in [6.45, 7) is 0. The Morgan fingerprint density at radius 1 is 1.50 bits per heavy atom. The summed E-state index contributed by atoms with van der Waals surface area (Å²) in [5, 5.41) is 0. The van der Waals surface area contributed by atoms with Gasteiger partial charge in [0.15, 0.2) is 4.34 Å². The molecule has 2 N–H and O–H groups in total. The summed E-state index contributed by atoms with van der Waals surface area (Å²) in [5.41, 5.74) is 6.78. The molecule has 0 fully saturated rings. The SMILES string of the molecule is Nc1ccc2nc(S(=O)CC(F)F)sc2c1. The lowest BCUT2D eigenvalue weighted by molar-refractivity contribution is 0.175. The molecule has 0 aliphatic rings. The predicted octanol–water partition coefficient (Wildman–Crippen LogP) is 2.25. The highest BCUT2D eigenvalue weighted by molar-refractivity contribution is 7.87. The van der Waals surface area contributed by atoms with Gasteiger partial charge in [-0.15, -0.1) is 11.3 Å². The zero-order valence-electron chi connectivity index (χ0n) is 8.02. The van der Waals surface area contributed by atoms with Crippen LogP contribution >= 0.6 is 11.3 Å². The van der Waals surface area contributed by atoms with Gasteiger partial charge in [0.05, 0.1) is 26.8 Å². The summed E-state index contributed by atoms with van der Waals surface area (Å²) < 4.78 is 36.6. The van der Waals surface area contributed by atoms with Crippen molar-refractivity contribution in [2.45, 2.75) is 10.8 Å². The summed E-state index contributed by atoms with van der Waals surface area (Å²) in [7, 11) is -1.74. The first-order valence-electron chi connectivity index (χ1n) is 4.39. The maximum atomic E-state index is 12.1. The third kappa shape index (κ3) is 2.35. The van der Waals surface area contributed by atoms with Crippen molar-refractivity contribution in [2.24, 2.45) is 0 Å². The van der Waals surface area contributed by atoms with Gasteiger partial charge in [-0.05, 0) is 18.2 Å². The molecule has 0 saturated heterocycles. The molecule has 0 radical (unpaired) electrons. The van der Waals surface area contributed by atoms with Gasteiger partial charge in [-0.2, -0.15) is 0 Å². The molecule has 1 aromatic carbocycles. The van der Waals surface area contributed by atoms with E-state index in [1.54, 1.807) is 18.2 Å². The van der Waals surface area contributed by atoms with E-state index in [2.05, 4.69) is 4.98 Å². The summed E-state index contributed by atoms with van der Waals surface area (Å²) in [5.74, 6) is -0.671. The maximum absolute atomic E-state index is 12.1. The van der Waals surface area contributed by atoms with Crippen LogP contribution in [0.1, 0.15) is 0 Å². The van der Waals surface area contributed by atoms with E-state index in [0.29, 0.717) is 11.2 Å². The molecule has 2 rings (SSSR count). The second-order valence-electron chi connectivity index (χ2n) is 3.11. The first kappa shape index (κ1) is 11.4. The Morgan fingerprint density at radius 2 is 2.25 bits per heavy atom. The minimum Gasteiger partial charge on any atom is -0.399 e. The molecule has 1 atom stereocenters. The zero-order valence-corrected chi connectivity index (χ0v) is 9.65. The van der Waals surface area contributed by atoms with Crippen molar-refractivity contribution in [3.63, 3.8) is 0 Å². The largest absolute Gasteiger partial charge is 0.399 e. The molecular formula is C9H8F2N2OS2. The molecule has 1 unspecified atom stereocenters. The number of halogens is 2. The third-order valence-corrected chi connectivity index (χ3v) is 4.52. The van der Waals surface area contributed by atoms with Gasteiger partial charge in [-0.1, -0.05) is 0 Å². The van der Waals surface area contributed by atoms with Crippen molar-refractivity contribution in [3.8, 4) is 0 Å². The van der Waals surface area contributed by atoms with Crippen LogP contribution in [0.25, 0.3) is 10.2 Å². The standard InChI is InChI=1S/C9H8F2N2OS2/c10-8(11)4-16(14)9-13-6-2-1-5(12)3-7(6)15-9/h1-3,8H,4,12H2. The number of nitrogens with two attached hydrogens (primary N) is 1. The molecule has 0 aliphatic carbocycles. The number of anilines is 1. The lowest BCUT2D eigenvalue weighted by Crippen LogP contribution is -2.06. The van der Waals surface area contributed by atoms with Gasteiger partial charge in [0.1, 0.15) is 0 Å². The lowest BCUT2D eigenvalue weighted by Gasteiger charge is -1.94. The number of rotatable bonds is 3. The Morgan fingerprint density at radius 3 is 2.94 bits per heavy atom. The fourth-order valence-electron chi connectivity index (χ4n) is 1.20. The summed E-state index contributed by atoms with van der Waals surface area (Å²) in [6, 6.07) is 5.04. The number of fused-ring (bicyclic) bond motifs is 1. The van der Waals surface area contributed by atoms with Crippen LogP contribution < -0.4 is 5.73 Å².